The van der Waals surface area contributed by atoms with E-state index >= 15 is 0 Å². The van der Waals surface area contributed by atoms with Gasteiger partial charge in [-0.1, -0.05) is 34.5 Å². The van der Waals surface area contributed by atoms with Gasteiger partial charge in [-0.3, -0.25) is 0 Å². The minimum atomic E-state index is 0.259. The maximum absolute atomic E-state index is 6.03. The molecular weight excluding hydrogens is 345 g/mol. The first-order chi connectivity index (χ1) is 10.7. The Morgan fingerprint density at radius 1 is 1.27 bits per heavy atom. The Morgan fingerprint density at radius 2 is 2.18 bits per heavy atom. The van der Waals surface area contributed by atoms with Gasteiger partial charge < -0.3 is 9.15 Å². The summed E-state index contributed by atoms with van der Waals surface area (Å²) in [6, 6.07) is 8.63. The fourth-order valence-electron chi connectivity index (χ4n) is 1.57. The molecule has 0 fully saturated rings. The summed E-state index contributed by atoms with van der Waals surface area (Å²) in [5.74, 6) is 1.20. The molecule has 2 aromatic heterocycles. The van der Waals surface area contributed by atoms with E-state index in [1.54, 1.807) is 42.8 Å². The molecule has 0 radical (unpaired) electrons. The Hall–Kier alpha value is -1.89. The van der Waals surface area contributed by atoms with Gasteiger partial charge in [-0.05, 0) is 30.3 Å². The molecule has 0 aliphatic carbocycles. The van der Waals surface area contributed by atoms with Gasteiger partial charge in [0, 0.05) is 5.02 Å². The van der Waals surface area contributed by atoms with Gasteiger partial charge in [0.05, 0.1) is 17.5 Å². The average molecular weight is 354 g/mol. The maximum atomic E-state index is 6.03. The van der Waals surface area contributed by atoms with Crippen LogP contribution in [0.3, 0.4) is 0 Å². The fraction of sp³-hybridized carbons (Fsp3) is 0.0714. The summed E-state index contributed by atoms with van der Waals surface area (Å²) in [5, 5.41) is 10.2. The number of ether oxygens (including phenoxy) is 1. The second-order valence-corrected chi connectivity index (χ2v) is 6.00. The number of furan rings is 1. The van der Waals surface area contributed by atoms with E-state index in [9.17, 15) is 0 Å². The van der Waals surface area contributed by atoms with Crippen LogP contribution in [0.2, 0.25) is 10.0 Å². The van der Waals surface area contributed by atoms with Crippen molar-refractivity contribution in [3.8, 4) is 5.75 Å². The van der Waals surface area contributed by atoms with Crippen molar-refractivity contribution in [3.63, 3.8) is 0 Å². The lowest BCUT2D eigenvalue weighted by Gasteiger charge is -2.05. The Morgan fingerprint density at radius 3 is 2.95 bits per heavy atom. The number of nitrogens with zero attached hydrogens (tertiary/aromatic N) is 3. The smallest absolute Gasteiger partial charge is 0.231 e. The first-order valence-electron chi connectivity index (χ1n) is 6.18. The Kier molecular flexibility index (Phi) is 4.72. The van der Waals surface area contributed by atoms with Crippen molar-refractivity contribution in [1.82, 2.24) is 10.2 Å². The molecule has 0 atom stereocenters. The summed E-state index contributed by atoms with van der Waals surface area (Å²) in [4.78, 5) is 4.18. The lowest BCUT2D eigenvalue weighted by atomic mass is 10.3. The SMILES string of the molecule is Clc1ccc(OCc2nnc(/N=C/c3ccco3)s2)c(Cl)c1. The zero-order chi connectivity index (χ0) is 15.4. The van der Waals surface area contributed by atoms with Crippen LogP contribution in [0.15, 0.2) is 46.0 Å². The van der Waals surface area contributed by atoms with Crippen LogP contribution < -0.4 is 4.74 Å². The largest absolute Gasteiger partial charge is 0.485 e. The van der Waals surface area contributed by atoms with Crippen LogP contribution in [0.1, 0.15) is 10.8 Å². The number of hydrogen-bond acceptors (Lipinski definition) is 6. The average Bonchev–Trinajstić information content (AvgIpc) is 3.16. The van der Waals surface area contributed by atoms with Gasteiger partial charge in [0.1, 0.15) is 18.1 Å². The summed E-state index contributed by atoms with van der Waals surface area (Å²) in [6.45, 7) is 0.259. The zero-order valence-corrected chi connectivity index (χ0v) is 13.4. The zero-order valence-electron chi connectivity index (χ0n) is 11.1. The molecule has 8 heteroatoms. The first kappa shape index (κ1) is 15.0. The fourth-order valence-corrected chi connectivity index (χ4v) is 2.63. The van der Waals surface area contributed by atoms with Gasteiger partial charge in [0.25, 0.3) is 0 Å². The second-order valence-electron chi connectivity index (χ2n) is 4.12. The molecule has 2 heterocycles. The lowest BCUT2D eigenvalue weighted by Crippen LogP contribution is -1.95. The minimum Gasteiger partial charge on any atom is -0.485 e. The quantitative estimate of drug-likeness (QED) is 0.620. The summed E-state index contributed by atoms with van der Waals surface area (Å²) < 4.78 is 10.7. The van der Waals surface area contributed by atoms with Crippen LogP contribution in [-0.4, -0.2) is 16.4 Å². The summed E-state index contributed by atoms with van der Waals surface area (Å²) in [7, 11) is 0. The molecule has 112 valence electrons. The molecule has 0 saturated heterocycles. The number of aliphatic imine (C=N–C) groups is 1. The molecule has 5 nitrogen and oxygen atoms in total. The topological polar surface area (TPSA) is 60.5 Å². The number of benzene rings is 1. The van der Waals surface area contributed by atoms with E-state index in [0.29, 0.717) is 31.7 Å². The molecular formula is C14H9Cl2N3O2S. The van der Waals surface area contributed by atoms with E-state index in [4.69, 9.17) is 32.4 Å². The second kappa shape index (κ2) is 6.91. The Balaban J connectivity index is 1.62. The first-order valence-corrected chi connectivity index (χ1v) is 7.76. The molecule has 3 rings (SSSR count). The predicted octanol–water partition coefficient (Wildman–Crippen LogP) is 4.77. The van der Waals surface area contributed by atoms with Gasteiger partial charge in [-0.25, -0.2) is 4.99 Å². The van der Waals surface area contributed by atoms with Gasteiger partial charge >= 0.3 is 0 Å². The predicted molar refractivity (Wildman–Crippen MR) is 86.7 cm³/mol. The highest BCUT2D eigenvalue weighted by Gasteiger charge is 2.07. The van der Waals surface area contributed by atoms with Crippen molar-refractivity contribution in [3.05, 3.63) is 57.4 Å². The minimum absolute atomic E-state index is 0.259. The third-order valence-corrected chi connectivity index (χ3v) is 3.88. The van der Waals surface area contributed by atoms with Crippen LogP contribution in [0.4, 0.5) is 5.13 Å². The Labute approximate surface area is 140 Å². The van der Waals surface area contributed by atoms with Crippen molar-refractivity contribution in [2.24, 2.45) is 4.99 Å². The molecule has 0 aliphatic rings. The molecule has 3 aromatic rings. The van der Waals surface area contributed by atoms with Gasteiger partial charge in [-0.15, -0.1) is 10.2 Å². The molecule has 0 aliphatic heterocycles. The van der Waals surface area contributed by atoms with E-state index in [0.717, 1.165) is 0 Å². The van der Waals surface area contributed by atoms with E-state index in [1.807, 2.05) is 0 Å². The van der Waals surface area contributed by atoms with Crippen LogP contribution in [0.25, 0.3) is 0 Å². The molecule has 0 saturated carbocycles. The highest BCUT2D eigenvalue weighted by atomic mass is 35.5. The van der Waals surface area contributed by atoms with E-state index in [2.05, 4.69) is 15.2 Å². The normalized spacial score (nSPS) is 11.2. The third kappa shape index (κ3) is 3.85. The van der Waals surface area contributed by atoms with Crippen molar-refractivity contribution in [2.75, 3.05) is 0 Å². The summed E-state index contributed by atoms with van der Waals surface area (Å²) in [6.07, 6.45) is 3.16. The van der Waals surface area contributed by atoms with Gasteiger partial charge in [0.2, 0.25) is 5.13 Å². The van der Waals surface area contributed by atoms with Crippen molar-refractivity contribution >= 4 is 45.9 Å². The van der Waals surface area contributed by atoms with Crippen molar-refractivity contribution in [2.45, 2.75) is 6.61 Å². The van der Waals surface area contributed by atoms with Crippen molar-refractivity contribution < 1.29 is 9.15 Å². The van der Waals surface area contributed by atoms with Crippen LogP contribution in [0, 0.1) is 0 Å². The van der Waals surface area contributed by atoms with E-state index in [-0.39, 0.29) is 6.61 Å². The van der Waals surface area contributed by atoms with E-state index < -0.39 is 0 Å². The van der Waals surface area contributed by atoms with Gasteiger partial charge in [0.15, 0.2) is 5.01 Å². The van der Waals surface area contributed by atoms with E-state index in [1.165, 1.54) is 11.3 Å². The molecule has 22 heavy (non-hydrogen) atoms. The summed E-state index contributed by atoms with van der Waals surface area (Å²) in [5.41, 5.74) is 0. The number of hydrogen-bond donors (Lipinski definition) is 0. The molecule has 0 bridgehead atoms. The third-order valence-electron chi connectivity index (χ3n) is 2.55. The monoisotopic (exact) mass is 353 g/mol. The summed E-state index contributed by atoms with van der Waals surface area (Å²) >= 11 is 13.2. The Bertz CT molecular complexity index is 787. The molecule has 1 aromatic carbocycles. The number of halogens is 2. The maximum Gasteiger partial charge on any atom is 0.231 e. The highest BCUT2D eigenvalue weighted by Crippen LogP contribution is 2.28. The highest BCUT2D eigenvalue weighted by molar-refractivity contribution is 7.14. The number of rotatable bonds is 5. The van der Waals surface area contributed by atoms with Crippen molar-refractivity contribution in [1.29, 1.82) is 0 Å². The van der Waals surface area contributed by atoms with Gasteiger partial charge in [-0.2, -0.15) is 0 Å². The molecule has 0 amide bonds. The number of aromatic nitrogens is 2. The molecule has 0 N–H and O–H groups in total. The van der Waals surface area contributed by atoms with Crippen LogP contribution in [0.5, 0.6) is 5.75 Å². The standard InChI is InChI=1S/C14H9Cl2N3O2S/c15-9-3-4-12(11(16)6-9)21-8-13-18-19-14(22-13)17-7-10-2-1-5-20-10/h1-7H,8H2/b17-7+. The molecule has 0 unspecified atom stereocenters. The van der Waals surface area contributed by atoms with Crippen LogP contribution in [-0.2, 0) is 6.61 Å². The molecule has 0 spiro atoms. The lowest BCUT2D eigenvalue weighted by molar-refractivity contribution is 0.305. The van der Waals surface area contributed by atoms with Crippen LogP contribution >= 0.6 is 34.5 Å².